The highest BCUT2D eigenvalue weighted by atomic mass is 16.6. The van der Waals surface area contributed by atoms with Gasteiger partial charge in [-0.05, 0) is 52.9 Å². The van der Waals surface area contributed by atoms with Gasteiger partial charge in [0.15, 0.2) is 0 Å². The van der Waals surface area contributed by atoms with Crippen LogP contribution in [0.5, 0.6) is 0 Å². The smallest absolute Gasteiger partial charge is 0.410 e. The van der Waals surface area contributed by atoms with E-state index in [0.29, 0.717) is 25.8 Å². The van der Waals surface area contributed by atoms with Gasteiger partial charge in [0.1, 0.15) is 23.9 Å². The van der Waals surface area contributed by atoms with Crippen LogP contribution < -0.4 is 10.6 Å². The minimum atomic E-state index is -0.807. The number of hydrogen-bond donors (Lipinski definition) is 2. The summed E-state index contributed by atoms with van der Waals surface area (Å²) < 4.78 is 5.37. The zero-order chi connectivity index (χ0) is 21.2. The van der Waals surface area contributed by atoms with Crippen molar-refractivity contribution in [3.8, 4) is 0 Å². The average Bonchev–Trinajstić information content (AvgIpc) is 3.10. The van der Waals surface area contributed by atoms with Crippen LogP contribution >= 0.6 is 0 Å². The van der Waals surface area contributed by atoms with Gasteiger partial charge >= 0.3 is 12.1 Å². The van der Waals surface area contributed by atoms with Crippen LogP contribution in [0.4, 0.5) is 9.59 Å². The fraction of sp³-hybridized carbons (Fsp3) is 0.789. The second-order valence-electron chi connectivity index (χ2n) is 8.86. The number of urea groups is 1. The van der Waals surface area contributed by atoms with Gasteiger partial charge in [-0.2, -0.15) is 0 Å². The third kappa shape index (κ3) is 5.14. The number of likely N-dealkylation sites (tertiary alicyclic amines) is 1. The van der Waals surface area contributed by atoms with Gasteiger partial charge in [0, 0.05) is 6.54 Å². The Bertz CT molecular complexity index is 643. The molecule has 2 N–H and O–H groups in total. The lowest BCUT2D eigenvalue weighted by atomic mass is 10.0. The van der Waals surface area contributed by atoms with Gasteiger partial charge in [-0.1, -0.05) is 13.8 Å². The normalized spacial score (nSPS) is 23.8. The molecule has 5 amide bonds. The van der Waals surface area contributed by atoms with E-state index in [-0.39, 0.29) is 11.8 Å². The van der Waals surface area contributed by atoms with Crippen molar-refractivity contribution >= 4 is 23.9 Å². The molecule has 0 aliphatic carbocycles. The van der Waals surface area contributed by atoms with Crippen LogP contribution in [0.15, 0.2) is 0 Å². The summed E-state index contributed by atoms with van der Waals surface area (Å²) in [4.78, 5) is 52.3. The number of nitrogens with one attached hydrogen (secondary N) is 2. The molecule has 2 aliphatic heterocycles. The first-order valence-electron chi connectivity index (χ1n) is 9.84. The quantitative estimate of drug-likeness (QED) is 0.689. The lowest BCUT2D eigenvalue weighted by Crippen LogP contribution is -2.55. The van der Waals surface area contributed by atoms with E-state index < -0.39 is 41.9 Å². The summed E-state index contributed by atoms with van der Waals surface area (Å²) >= 11 is 0. The first-order chi connectivity index (χ1) is 12.9. The Balaban J connectivity index is 2.00. The highest BCUT2D eigenvalue weighted by molar-refractivity contribution is 6.04. The van der Waals surface area contributed by atoms with Crippen LogP contribution in [-0.4, -0.2) is 64.1 Å². The minimum Gasteiger partial charge on any atom is -0.444 e. The van der Waals surface area contributed by atoms with Crippen LogP contribution in [0.2, 0.25) is 0 Å². The molecule has 0 bridgehead atoms. The Morgan fingerprint density at radius 1 is 1.25 bits per heavy atom. The van der Waals surface area contributed by atoms with Crippen LogP contribution in [-0.2, 0) is 14.3 Å². The molecular formula is C19H32N4O5. The maximum Gasteiger partial charge on any atom is 0.410 e. The predicted octanol–water partition coefficient (Wildman–Crippen LogP) is 1.81. The second kappa shape index (κ2) is 8.36. The number of carbonyl (C=O) groups is 4. The molecule has 1 unspecified atom stereocenters. The van der Waals surface area contributed by atoms with Crippen LogP contribution in [0, 0.1) is 5.92 Å². The molecule has 9 heteroatoms. The van der Waals surface area contributed by atoms with Crippen molar-refractivity contribution in [1.82, 2.24) is 20.4 Å². The van der Waals surface area contributed by atoms with E-state index in [2.05, 4.69) is 10.6 Å². The molecule has 0 aromatic rings. The van der Waals surface area contributed by atoms with E-state index in [1.807, 2.05) is 13.8 Å². The van der Waals surface area contributed by atoms with E-state index in [1.165, 1.54) is 4.90 Å². The maximum absolute atomic E-state index is 12.7. The number of hydrogen-bond acceptors (Lipinski definition) is 5. The van der Waals surface area contributed by atoms with Crippen molar-refractivity contribution in [3.63, 3.8) is 0 Å². The Morgan fingerprint density at radius 2 is 1.89 bits per heavy atom. The lowest BCUT2D eigenvalue weighted by molar-refractivity contribution is -0.132. The molecule has 0 spiro atoms. The molecule has 3 atom stereocenters. The average molecular weight is 396 g/mol. The summed E-state index contributed by atoms with van der Waals surface area (Å²) in [5.74, 6) is -0.495. The van der Waals surface area contributed by atoms with Crippen LogP contribution in [0.1, 0.15) is 60.8 Å². The summed E-state index contributed by atoms with van der Waals surface area (Å²) in [6.45, 7) is 11.3. The number of rotatable bonds is 5. The molecule has 0 aromatic heterocycles. The highest BCUT2D eigenvalue weighted by Crippen LogP contribution is 2.22. The van der Waals surface area contributed by atoms with E-state index in [4.69, 9.17) is 4.74 Å². The summed E-state index contributed by atoms with van der Waals surface area (Å²) in [7, 11) is 0. The van der Waals surface area contributed by atoms with Crippen molar-refractivity contribution in [2.75, 3.05) is 6.54 Å². The van der Waals surface area contributed by atoms with Gasteiger partial charge in [0.2, 0.25) is 5.91 Å². The number of ether oxygens (including phenoxy) is 1. The van der Waals surface area contributed by atoms with Gasteiger partial charge in [-0.25, -0.2) is 14.5 Å². The van der Waals surface area contributed by atoms with Gasteiger partial charge < -0.3 is 15.4 Å². The largest absolute Gasteiger partial charge is 0.444 e. The lowest BCUT2D eigenvalue weighted by Gasteiger charge is -2.30. The van der Waals surface area contributed by atoms with Crippen molar-refractivity contribution in [2.45, 2.75) is 84.7 Å². The number of amides is 5. The molecule has 28 heavy (non-hydrogen) atoms. The maximum atomic E-state index is 12.7. The first-order valence-corrected chi connectivity index (χ1v) is 9.84. The van der Waals surface area contributed by atoms with Crippen LogP contribution in [0.3, 0.4) is 0 Å². The Labute approximate surface area is 166 Å². The molecule has 9 nitrogen and oxygen atoms in total. The summed E-state index contributed by atoms with van der Waals surface area (Å²) in [5.41, 5.74) is -0.653. The van der Waals surface area contributed by atoms with E-state index >= 15 is 0 Å². The van der Waals surface area contributed by atoms with E-state index in [0.717, 1.165) is 4.90 Å². The van der Waals surface area contributed by atoms with Gasteiger partial charge in [-0.3, -0.25) is 14.5 Å². The monoisotopic (exact) mass is 396 g/mol. The predicted molar refractivity (Wildman–Crippen MR) is 102 cm³/mol. The first kappa shape index (κ1) is 22.0. The number of carbonyl (C=O) groups excluding carboxylic acids is 4. The molecule has 0 saturated carbocycles. The zero-order valence-corrected chi connectivity index (χ0v) is 17.6. The molecule has 0 radical (unpaired) electrons. The van der Waals surface area contributed by atoms with Gasteiger partial charge in [0.25, 0.3) is 5.91 Å². The summed E-state index contributed by atoms with van der Waals surface area (Å²) in [5, 5.41) is 5.37. The van der Waals surface area contributed by atoms with Gasteiger partial charge in [-0.15, -0.1) is 0 Å². The third-order valence-corrected chi connectivity index (χ3v) is 4.68. The topological polar surface area (TPSA) is 108 Å². The number of nitrogens with zero attached hydrogens (tertiary/aromatic N) is 2. The Morgan fingerprint density at radius 3 is 2.46 bits per heavy atom. The molecule has 0 aromatic carbocycles. The fourth-order valence-corrected chi connectivity index (χ4v) is 3.49. The van der Waals surface area contributed by atoms with Crippen molar-refractivity contribution in [2.24, 2.45) is 5.92 Å². The van der Waals surface area contributed by atoms with E-state index in [9.17, 15) is 19.2 Å². The van der Waals surface area contributed by atoms with Crippen molar-refractivity contribution in [1.29, 1.82) is 0 Å². The van der Waals surface area contributed by atoms with Crippen molar-refractivity contribution in [3.05, 3.63) is 0 Å². The standard InChI is InChI=1S/C19H32N4O5/c1-11(2)10-13-16(25)23(17(26)21-13)12(3)20-15(24)14-8-7-9-22(14)18(27)28-19(4,5)6/h11-14H,7-10H2,1-6H3,(H,20,24)(H,21,26)/t12?,13-,14-/m0/s1. The molecule has 2 heterocycles. The third-order valence-electron chi connectivity index (χ3n) is 4.68. The highest BCUT2D eigenvalue weighted by Gasteiger charge is 2.43. The van der Waals surface area contributed by atoms with E-state index in [1.54, 1.807) is 27.7 Å². The van der Waals surface area contributed by atoms with Crippen LogP contribution in [0.25, 0.3) is 0 Å². The summed E-state index contributed by atoms with van der Waals surface area (Å²) in [6.07, 6.45) is 0.388. The Kier molecular flexibility index (Phi) is 6.56. The second-order valence-corrected chi connectivity index (χ2v) is 8.86. The fourth-order valence-electron chi connectivity index (χ4n) is 3.49. The molecule has 2 aliphatic rings. The molecular weight excluding hydrogens is 364 g/mol. The molecule has 2 saturated heterocycles. The Hall–Kier alpha value is -2.32. The zero-order valence-electron chi connectivity index (χ0n) is 17.6. The SMILES string of the molecule is CC(C)C[C@@H]1NC(=O)N(C(C)NC(=O)[C@@H]2CCCN2C(=O)OC(C)(C)C)C1=O. The van der Waals surface area contributed by atoms with Crippen molar-refractivity contribution < 1.29 is 23.9 Å². The minimum absolute atomic E-state index is 0.250. The molecule has 158 valence electrons. The molecule has 2 fully saturated rings. The number of imide groups is 1. The summed E-state index contributed by atoms with van der Waals surface area (Å²) in [6, 6.07) is -1.76. The molecule has 2 rings (SSSR count). The van der Waals surface area contributed by atoms with Gasteiger partial charge in [0.05, 0.1) is 0 Å².